The molecule has 0 aliphatic carbocycles. The Kier molecular flexibility index (Phi) is 6.22. The minimum absolute atomic E-state index is 0.0115. The molecule has 0 radical (unpaired) electrons. The third-order valence-electron chi connectivity index (χ3n) is 5.95. The smallest absolute Gasteiger partial charge is 0.269 e. The molecule has 0 bridgehead atoms. The molecule has 1 aliphatic rings. The lowest BCUT2D eigenvalue weighted by Gasteiger charge is -2.34. The molecule has 182 valence electrons. The van der Waals surface area contributed by atoms with Gasteiger partial charge in [0.25, 0.3) is 5.69 Å². The molecule has 3 heterocycles. The van der Waals surface area contributed by atoms with Gasteiger partial charge in [-0.25, -0.2) is 9.97 Å². The lowest BCUT2D eigenvalue weighted by molar-refractivity contribution is -0.384. The van der Waals surface area contributed by atoms with Crippen LogP contribution in [0.4, 0.5) is 11.5 Å². The third-order valence-corrected chi connectivity index (χ3v) is 5.95. The highest BCUT2D eigenvalue weighted by Gasteiger charge is 2.24. The summed E-state index contributed by atoms with van der Waals surface area (Å²) in [5, 5.41) is 19.4. The van der Waals surface area contributed by atoms with Crippen LogP contribution >= 0.6 is 0 Å². The van der Waals surface area contributed by atoms with Crippen molar-refractivity contribution in [2.45, 2.75) is 0 Å². The van der Waals surface area contributed by atoms with Crippen LogP contribution in [0.2, 0.25) is 0 Å². The second kappa shape index (κ2) is 9.78. The van der Waals surface area contributed by atoms with E-state index >= 15 is 0 Å². The first-order chi connectivity index (χ1) is 17.5. The van der Waals surface area contributed by atoms with Crippen LogP contribution < -0.4 is 9.64 Å². The zero-order valence-corrected chi connectivity index (χ0v) is 19.4. The maximum atomic E-state index is 12.7. The van der Waals surface area contributed by atoms with Gasteiger partial charge in [-0.3, -0.25) is 14.9 Å². The van der Waals surface area contributed by atoms with Crippen molar-refractivity contribution in [1.82, 2.24) is 29.9 Å². The van der Waals surface area contributed by atoms with Crippen LogP contribution in [0.3, 0.4) is 0 Å². The van der Waals surface area contributed by atoms with Crippen LogP contribution in [-0.2, 0) is 4.79 Å². The number of amides is 1. The zero-order chi connectivity index (χ0) is 25.1. The topological polar surface area (TPSA) is 132 Å². The van der Waals surface area contributed by atoms with E-state index < -0.39 is 4.92 Å². The average molecular weight is 486 g/mol. The van der Waals surface area contributed by atoms with E-state index in [1.807, 2.05) is 24.3 Å². The Morgan fingerprint density at radius 1 is 1.03 bits per heavy atom. The largest absolute Gasteiger partial charge is 0.497 e. The summed E-state index contributed by atoms with van der Waals surface area (Å²) in [4.78, 5) is 35.6. The number of nitro groups is 1. The summed E-state index contributed by atoms with van der Waals surface area (Å²) in [5.74, 6) is 1.30. The number of piperazine rings is 1. The standard InChI is InChI=1S/C24H22N8O4/c1-36-20-9-7-18(8-10-20)31-24-22(27-28-31)23(25-16-26-24)30-14-12-29(13-15-30)21(33)11-4-17-2-5-19(6-3-17)32(34)35/h2-11,16H,12-15H2,1H3/b11-4-. The molecule has 1 aliphatic heterocycles. The molecule has 0 atom stereocenters. The number of benzene rings is 2. The molecular weight excluding hydrogens is 464 g/mol. The van der Waals surface area contributed by atoms with Crippen LogP contribution in [0.25, 0.3) is 22.9 Å². The van der Waals surface area contributed by atoms with Gasteiger partial charge in [-0.15, -0.1) is 5.10 Å². The summed E-state index contributed by atoms with van der Waals surface area (Å²) < 4.78 is 6.87. The molecule has 0 unspecified atom stereocenters. The summed E-state index contributed by atoms with van der Waals surface area (Å²) in [6, 6.07) is 13.5. The number of nitrogens with zero attached hydrogens (tertiary/aromatic N) is 8. The molecule has 1 amide bonds. The van der Waals surface area contributed by atoms with Crippen molar-refractivity contribution in [1.29, 1.82) is 0 Å². The molecule has 0 spiro atoms. The normalized spacial score (nSPS) is 13.9. The first-order valence-corrected chi connectivity index (χ1v) is 11.2. The predicted octanol–water partition coefficient (Wildman–Crippen LogP) is 2.49. The number of anilines is 1. The highest BCUT2D eigenvalue weighted by molar-refractivity contribution is 5.92. The quantitative estimate of drug-likeness (QED) is 0.229. The summed E-state index contributed by atoms with van der Waals surface area (Å²) in [5.41, 5.74) is 2.72. The number of methoxy groups -OCH3 is 1. The molecule has 5 rings (SSSR count). The van der Waals surface area contributed by atoms with Gasteiger partial charge < -0.3 is 14.5 Å². The fourth-order valence-electron chi connectivity index (χ4n) is 3.98. The van der Waals surface area contributed by atoms with E-state index in [-0.39, 0.29) is 11.6 Å². The van der Waals surface area contributed by atoms with Gasteiger partial charge in [0.15, 0.2) is 17.0 Å². The van der Waals surface area contributed by atoms with Crippen LogP contribution in [0.1, 0.15) is 5.56 Å². The lowest BCUT2D eigenvalue weighted by atomic mass is 10.2. The number of nitro benzene ring substituents is 1. The van der Waals surface area contributed by atoms with E-state index in [0.717, 1.165) is 17.0 Å². The van der Waals surface area contributed by atoms with Crippen molar-refractivity contribution in [2.24, 2.45) is 0 Å². The van der Waals surface area contributed by atoms with Crippen LogP contribution in [0.5, 0.6) is 5.75 Å². The highest BCUT2D eigenvalue weighted by Crippen LogP contribution is 2.24. The van der Waals surface area contributed by atoms with Crippen molar-refractivity contribution >= 4 is 34.7 Å². The number of non-ortho nitro benzene ring substituents is 1. The second-order valence-corrected chi connectivity index (χ2v) is 8.06. The fraction of sp³-hybridized carbons (Fsp3) is 0.208. The SMILES string of the molecule is COc1ccc(-n2nnc3c(N4CCN(C(=O)/C=C\c5ccc([N+](=O)[O-])cc5)CC4)ncnc32)cc1. The summed E-state index contributed by atoms with van der Waals surface area (Å²) >= 11 is 0. The number of aromatic nitrogens is 5. The number of hydrogen-bond donors (Lipinski definition) is 0. The highest BCUT2D eigenvalue weighted by atomic mass is 16.6. The Balaban J connectivity index is 1.26. The molecule has 0 N–H and O–H groups in total. The maximum absolute atomic E-state index is 12.7. The predicted molar refractivity (Wildman–Crippen MR) is 132 cm³/mol. The van der Waals surface area contributed by atoms with E-state index in [1.165, 1.54) is 24.5 Å². The molecule has 0 saturated carbocycles. The van der Waals surface area contributed by atoms with Crippen molar-refractivity contribution in [2.75, 3.05) is 38.2 Å². The summed E-state index contributed by atoms with van der Waals surface area (Å²) in [6.07, 6.45) is 4.63. The van der Waals surface area contributed by atoms with Gasteiger partial charge in [-0.1, -0.05) is 5.21 Å². The monoisotopic (exact) mass is 486 g/mol. The first-order valence-electron chi connectivity index (χ1n) is 11.2. The fourth-order valence-corrected chi connectivity index (χ4v) is 3.98. The van der Waals surface area contributed by atoms with E-state index in [1.54, 1.807) is 34.9 Å². The first kappa shape index (κ1) is 22.9. The molecule has 1 saturated heterocycles. The summed E-state index contributed by atoms with van der Waals surface area (Å²) in [6.45, 7) is 2.19. The maximum Gasteiger partial charge on any atom is 0.269 e. The Bertz CT molecular complexity index is 1430. The van der Waals surface area contributed by atoms with Gasteiger partial charge in [0, 0.05) is 44.4 Å². The molecular formula is C24H22N8O4. The van der Waals surface area contributed by atoms with Crippen LogP contribution in [0.15, 0.2) is 60.9 Å². The Morgan fingerprint density at radius 2 is 1.75 bits per heavy atom. The zero-order valence-electron chi connectivity index (χ0n) is 19.4. The number of carbonyl (C=O) groups excluding carboxylic acids is 1. The van der Waals surface area contributed by atoms with Crippen molar-refractivity contribution < 1.29 is 14.5 Å². The average Bonchev–Trinajstić information content (AvgIpc) is 3.36. The Labute approximate surface area is 205 Å². The van der Waals surface area contributed by atoms with Crippen molar-refractivity contribution in [3.05, 3.63) is 76.6 Å². The van der Waals surface area contributed by atoms with Gasteiger partial charge in [-0.2, -0.15) is 4.68 Å². The van der Waals surface area contributed by atoms with Gasteiger partial charge in [0.2, 0.25) is 5.91 Å². The number of rotatable bonds is 6. The van der Waals surface area contributed by atoms with E-state index in [2.05, 4.69) is 25.2 Å². The molecule has 36 heavy (non-hydrogen) atoms. The minimum Gasteiger partial charge on any atom is -0.497 e. The minimum atomic E-state index is -0.455. The van der Waals surface area contributed by atoms with Gasteiger partial charge >= 0.3 is 0 Å². The van der Waals surface area contributed by atoms with Crippen molar-refractivity contribution in [3.8, 4) is 11.4 Å². The molecule has 2 aromatic carbocycles. The number of hydrogen-bond acceptors (Lipinski definition) is 9. The number of carbonyl (C=O) groups is 1. The van der Waals surface area contributed by atoms with Crippen molar-refractivity contribution in [3.63, 3.8) is 0 Å². The number of fused-ring (bicyclic) bond motifs is 1. The van der Waals surface area contributed by atoms with Gasteiger partial charge in [-0.05, 0) is 48.0 Å². The van der Waals surface area contributed by atoms with Gasteiger partial charge in [0.1, 0.15) is 12.1 Å². The summed E-state index contributed by atoms with van der Waals surface area (Å²) in [7, 11) is 1.61. The molecule has 12 nitrogen and oxygen atoms in total. The molecule has 1 fully saturated rings. The molecule has 2 aromatic heterocycles. The van der Waals surface area contributed by atoms with Crippen LogP contribution in [-0.4, -0.2) is 74.0 Å². The Morgan fingerprint density at radius 3 is 2.42 bits per heavy atom. The van der Waals surface area contributed by atoms with E-state index in [0.29, 0.717) is 43.2 Å². The number of ether oxygens (including phenoxy) is 1. The van der Waals surface area contributed by atoms with E-state index in [4.69, 9.17) is 4.74 Å². The van der Waals surface area contributed by atoms with Gasteiger partial charge in [0.05, 0.1) is 17.7 Å². The van der Waals surface area contributed by atoms with Crippen LogP contribution in [0, 0.1) is 10.1 Å². The Hall–Kier alpha value is -4.87. The lowest BCUT2D eigenvalue weighted by Crippen LogP contribution is -2.48. The third kappa shape index (κ3) is 4.56. The molecule has 4 aromatic rings. The molecule has 12 heteroatoms. The van der Waals surface area contributed by atoms with E-state index in [9.17, 15) is 14.9 Å². The second-order valence-electron chi connectivity index (χ2n) is 8.06.